The van der Waals surface area contributed by atoms with Gasteiger partial charge in [-0.15, -0.1) is 11.3 Å². The minimum Gasteiger partial charge on any atom is -0.316 e. The summed E-state index contributed by atoms with van der Waals surface area (Å²) in [5.41, 5.74) is 3.61. The van der Waals surface area contributed by atoms with Crippen LogP contribution in [0.2, 0.25) is 0 Å². The molecule has 0 spiro atoms. The molecule has 4 rings (SSSR count). The van der Waals surface area contributed by atoms with Crippen molar-refractivity contribution < 1.29 is 0 Å². The van der Waals surface area contributed by atoms with Crippen LogP contribution in [0.4, 0.5) is 10.9 Å². The van der Waals surface area contributed by atoms with E-state index in [1.54, 1.807) is 11.3 Å². The zero-order valence-electron chi connectivity index (χ0n) is 15.2. The molecular weight excluding hydrogens is 344 g/mol. The van der Waals surface area contributed by atoms with Crippen molar-refractivity contribution in [2.24, 2.45) is 7.05 Å². The van der Waals surface area contributed by atoms with Gasteiger partial charge in [0.05, 0.1) is 11.4 Å². The highest BCUT2D eigenvalue weighted by molar-refractivity contribution is 7.13. The van der Waals surface area contributed by atoms with Crippen LogP contribution in [0.3, 0.4) is 0 Å². The first-order valence-corrected chi connectivity index (χ1v) is 9.89. The first-order valence-electron chi connectivity index (χ1n) is 9.02. The lowest BCUT2D eigenvalue weighted by molar-refractivity contribution is 0.194. The third kappa shape index (κ3) is 3.94. The molecule has 0 saturated carbocycles. The van der Waals surface area contributed by atoms with Crippen molar-refractivity contribution in [2.45, 2.75) is 32.2 Å². The predicted octanol–water partition coefficient (Wildman–Crippen LogP) is 3.70. The Balaban J connectivity index is 1.40. The fourth-order valence-electron chi connectivity index (χ4n) is 3.41. The molecule has 4 heterocycles. The maximum absolute atomic E-state index is 4.82. The van der Waals surface area contributed by atoms with Crippen LogP contribution in [0.15, 0.2) is 36.0 Å². The van der Waals surface area contributed by atoms with Crippen molar-refractivity contribution in [3.8, 4) is 0 Å². The van der Waals surface area contributed by atoms with Gasteiger partial charge in [-0.25, -0.2) is 9.97 Å². The van der Waals surface area contributed by atoms with E-state index < -0.39 is 0 Å². The summed E-state index contributed by atoms with van der Waals surface area (Å²) in [5.74, 6) is 1.34. The molecule has 0 unspecified atom stereocenters. The largest absolute Gasteiger partial charge is 0.316 e. The Labute approximate surface area is 157 Å². The summed E-state index contributed by atoms with van der Waals surface area (Å²) in [6.07, 6.45) is 6.15. The second kappa shape index (κ2) is 7.55. The van der Waals surface area contributed by atoms with Gasteiger partial charge in [-0.05, 0) is 44.0 Å². The smallest absolute Gasteiger partial charge is 0.188 e. The minimum absolute atomic E-state index is 0.495. The van der Waals surface area contributed by atoms with E-state index in [0.717, 1.165) is 36.1 Å². The third-order valence-electron chi connectivity index (χ3n) is 4.90. The van der Waals surface area contributed by atoms with Crippen LogP contribution in [0.25, 0.3) is 0 Å². The molecule has 0 bridgehead atoms. The third-order valence-corrected chi connectivity index (χ3v) is 5.68. The van der Waals surface area contributed by atoms with Crippen molar-refractivity contribution in [1.29, 1.82) is 0 Å². The van der Waals surface area contributed by atoms with Gasteiger partial charge in [0.25, 0.3) is 0 Å². The number of hydrogen-bond acceptors (Lipinski definition) is 6. The van der Waals surface area contributed by atoms with E-state index in [1.165, 1.54) is 24.2 Å². The normalized spacial score (nSPS) is 18.2. The first-order chi connectivity index (χ1) is 12.7. The number of anilines is 2. The van der Waals surface area contributed by atoms with E-state index in [2.05, 4.69) is 37.8 Å². The molecule has 1 saturated heterocycles. The van der Waals surface area contributed by atoms with Gasteiger partial charge in [0.1, 0.15) is 5.82 Å². The SMILES string of the molecule is Cc1ccc(Nc2nc([C@@H]3CCCN(Cc4ccnn4C)C3)cs2)nc1. The lowest BCUT2D eigenvalue weighted by Gasteiger charge is -2.31. The molecule has 3 aromatic rings. The number of likely N-dealkylation sites (tertiary alicyclic amines) is 1. The number of nitrogens with one attached hydrogen (secondary N) is 1. The number of hydrogen-bond donors (Lipinski definition) is 1. The van der Waals surface area contributed by atoms with E-state index in [1.807, 2.05) is 37.1 Å². The molecule has 0 radical (unpaired) electrons. The van der Waals surface area contributed by atoms with Crippen molar-refractivity contribution in [3.05, 3.63) is 52.9 Å². The molecule has 0 aromatic carbocycles. The van der Waals surface area contributed by atoms with Crippen LogP contribution in [0.1, 0.15) is 35.7 Å². The fourth-order valence-corrected chi connectivity index (χ4v) is 4.21. The van der Waals surface area contributed by atoms with E-state index in [0.29, 0.717) is 5.92 Å². The van der Waals surface area contributed by atoms with Crippen LogP contribution in [-0.2, 0) is 13.6 Å². The molecule has 0 amide bonds. The molecule has 3 aromatic heterocycles. The summed E-state index contributed by atoms with van der Waals surface area (Å²) < 4.78 is 1.96. The Morgan fingerprint density at radius 2 is 2.23 bits per heavy atom. The van der Waals surface area contributed by atoms with Crippen LogP contribution in [0.5, 0.6) is 0 Å². The Hall–Kier alpha value is -2.25. The highest BCUT2D eigenvalue weighted by atomic mass is 32.1. The molecule has 1 aliphatic rings. The molecule has 0 aliphatic carbocycles. The molecule has 1 atom stereocenters. The van der Waals surface area contributed by atoms with Gasteiger partial charge in [-0.3, -0.25) is 9.58 Å². The van der Waals surface area contributed by atoms with E-state index in [4.69, 9.17) is 4.98 Å². The van der Waals surface area contributed by atoms with Crippen molar-refractivity contribution in [1.82, 2.24) is 24.6 Å². The van der Waals surface area contributed by atoms with Crippen LogP contribution in [-0.4, -0.2) is 37.7 Å². The zero-order valence-corrected chi connectivity index (χ0v) is 16.0. The van der Waals surface area contributed by atoms with E-state index >= 15 is 0 Å². The van der Waals surface area contributed by atoms with Crippen molar-refractivity contribution >= 4 is 22.3 Å². The first kappa shape index (κ1) is 17.2. The molecular formula is C19H24N6S. The predicted molar refractivity (Wildman–Crippen MR) is 105 cm³/mol. The molecule has 6 nitrogen and oxygen atoms in total. The fraction of sp³-hybridized carbons (Fsp3) is 0.421. The van der Waals surface area contributed by atoms with Crippen LogP contribution in [0, 0.1) is 6.92 Å². The average molecular weight is 369 g/mol. The van der Waals surface area contributed by atoms with Crippen LogP contribution < -0.4 is 5.32 Å². The Bertz CT molecular complexity index is 853. The Morgan fingerprint density at radius 3 is 3.00 bits per heavy atom. The lowest BCUT2D eigenvalue weighted by atomic mass is 9.95. The monoisotopic (exact) mass is 368 g/mol. The number of thiazole rings is 1. The molecule has 7 heteroatoms. The van der Waals surface area contributed by atoms with Crippen molar-refractivity contribution in [2.75, 3.05) is 18.4 Å². The second-order valence-electron chi connectivity index (χ2n) is 6.94. The lowest BCUT2D eigenvalue weighted by Crippen LogP contribution is -2.34. The quantitative estimate of drug-likeness (QED) is 0.744. The molecule has 1 fully saturated rings. The topological polar surface area (TPSA) is 58.9 Å². The number of rotatable bonds is 5. The van der Waals surface area contributed by atoms with Gasteiger partial charge in [0, 0.05) is 43.8 Å². The van der Waals surface area contributed by atoms with Gasteiger partial charge in [0.2, 0.25) is 0 Å². The van der Waals surface area contributed by atoms with E-state index in [-0.39, 0.29) is 0 Å². The number of aromatic nitrogens is 4. The van der Waals surface area contributed by atoms with Gasteiger partial charge in [-0.1, -0.05) is 6.07 Å². The van der Waals surface area contributed by atoms with Crippen LogP contribution >= 0.6 is 11.3 Å². The summed E-state index contributed by atoms with van der Waals surface area (Å²) in [6, 6.07) is 6.15. The molecule has 26 heavy (non-hydrogen) atoms. The molecule has 136 valence electrons. The maximum Gasteiger partial charge on any atom is 0.188 e. The Morgan fingerprint density at radius 1 is 1.31 bits per heavy atom. The van der Waals surface area contributed by atoms with Gasteiger partial charge < -0.3 is 5.32 Å². The molecule has 1 aliphatic heterocycles. The number of pyridine rings is 1. The second-order valence-corrected chi connectivity index (χ2v) is 7.80. The van der Waals surface area contributed by atoms with Gasteiger partial charge >= 0.3 is 0 Å². The van der Waals surface area contributed by atoms with Crippen molar-refractivity contribution in [3.63, 3.8) is 0 Å². The highest BCUT2D eigenvalue weighted by Gasteiger charge is 2.24. The Kier molecular flexibility index (Phi) is 4.99. The maximum atomic E-state index is 4.82. The summed E-state index contributed by atoms with van der Waals surface area (Å²) in [6.45, 7) is 5.19. The van der Waals surface area contributed by atoms with E-state index in [9.17, 15) is 0 Å². The van der Waals surface area contributed by atoms with Gasteiger partial charge in [-0.2, -0.15) is 5.10 Å². The number of aryl methyl sites for hydroxylation is 2. The summed E-state index contributed by atoms with van der Waals surface area (Å²) >= 11 is 1.66. The number of nitrogens with zero attached hydrogens (tertiary/aromatic N) is 5. The minimum atomic E-state index is 0.495. The summed E-state index contributed by atoms with van der Waals surface area (Å²) in [4.78, 5) is 11.7. The highest BCUT2D eigenvalue weighted by Crippen LogP contribution is 2.31. The standard InChI is InChI=1S/C19H24N6S/c1-14-5-6-18(20-10-14)23-19-22-17(13-26-19)15-4-3-9-25(11-15)12-16-7-8-21-24(16)2/h5-8,10,13,15H,3-4,9,11-12H2,1-2H3,(H,20,22,23)/t15-/m1/s1. The molecule has 1 N–H and O–H groups in total. The summed E-state index contributed by atoms with van der Waals surface area (Å²) in [5, 5.41) is 10.7. The zero-order chi connectivity index (χ0) is 17.9. The van der Waals surface area contributed by atoms with Gasteiger partial charge in [0.15, 0.2) is 5.13 Å². The average Bonchev–Trinajstić information content (AvgIpc) is 3.27. The number of piperidine rings is 1. The summed E-state index contributed by atoms with van der Waals surface area (Å²) in [7, 11) is 2.01.